The van der Waals surface area contributed by atoms with Crippen LogP contribution >= 0.6 is 0 Å². The molecule has 1 amide bonds. The van der Waals surface area contributed by atoms with E-state index >= 15 is 0 Å². The van der Waals surface area contributed by atoms with Crippen LogP contribution in [0.15, 0.2) is 30.5 Å². The molecule has 1 atom stereocenters. The molecule has 1 fully saturated rings. The maximum absolute atomic E-state index is 12.0. The van der Waals surface area contributed by atoms with Gasteiger partial charge in [-0.3, -0.25) is 9.78 Å². The molecule has 1 aromatic carbocycles. The van der Waals surface area contributed by atoms with Gasteiger partial charge in [-0.05, 0) is 18.6 Å². The lowest BCUT2D eigenvalue weighted by Crippen LogP contribution is -2.30. The first-order valence-electron chi connectivity index (χ1n) is 6.40. The number of nitrogens with zero attached hydrogens (tertiary/aromatic N) is 2. The number of para-hydroxylation sites is 2. The van der Waals surface area contributed by atoms with Crippen molar-refractivity contribution in [3.63, 3.8) is 0 Å². The Bertz CT molecular complexity index is 594. The lowest BCUT2D eigenvalue weighted by Gasteiger charge is -2.09. The summed E-state index contributed by atoms with van der Waals surface area (Å²) in [4.78, 5) is 20.5. The van der Waals surface area contributed by atoms with Crippen molar-refractivity contribution in [3.05, 3.63) is 36.2 Å². The second-order valence-corrected chi connectivity index (χ2v) is 4.68. The van der Waals surface area contributed by atoms with Gasteiger partial charge in [0.15, 0.2) is 0 Å². The average Bonchev–Trinajstić information content (AvgIpc) is 2.97. The fourth-order valence-corrected chi connectivity index (χ4v) is 2.14. The Morgan fingerprint density at radius 2 is 2.21 bits per heavy atom. The topological polar surface area (TPSA) is 64.1 Å². The third-order valence-electron chi connectivity index (χ3n) is 3.26. The van der Waals surface area contributed by atoms with E-state index in [0.29, 0.717) is 18.2 Å². The fraction of sp³-hybridized carbons (Fsp3) is 0.357. The summed E-state index contributed by atoms with van der Waals surface area (Å²) in [6.45, 7) is 2.15. The molecule has 0 radical (unpaired) electrons. The number of carbonyl (C=O) groups excluding carboxylic acids is 1. The van der Waals surface area contributed by atoms with Gasteiger partial charge < -0.3 is 10.1 Å². The fourth-order valence-electron chi connectivity index (χ4n) is 2.14. The van der Waals surface area contributed by atoms with Crippen LogP contribution in [0.2, 0.25) is 0 Å². The number of carbonyl (C=O) groups is 1. The van der Waals surface area contributed by atoms with Gasteiger partial charge in [0.05, 0.1) is 23.8 Å². The first-order chi connectivity index (χ1) is 9.33. The van der Waals surface area contributed by atoms with Crippen LogP contribution in [0.5, 0.6) is 0 Å². The van der Waals surface area contributed by atoms with E-state index in [1.807, 2.05) is 24.3 Å². The van der Waals surface area contributed by atoms with Crippen LogP contribution in [0, 0.1) is 5.92 Å². The largest absolute Gasteiger partial charge is 0.381 e. The summed E-state index contributed by atoms with van der Waals surface area (Å²) in [5, 5.41) is 2.88. The van der Waals surface area contributed by atoms with Gasteiger partial charge in [0.1, 0.15) is 5.69 Å². The second kappa shape index (κ2) is 5.32. The van der Waals surface area contributed by atoms with E-state index in [1.165, 1.54) is 6.20 Å². The molecular formula is C14H15N3O2. The number of fused-ring (bicyclic) bond motifs is 1. The summed E-state index contributed by atoms with van der Waals surface area (Å²) in [7, 11) is 0. The number of nitrogens with one attached hydrogen (secondary N) is 1. The molecule has 1 aliphatic rings. The molecule has 2 heterocycles. The van der Waals surface area contributed by atoms with E-state index in [4.69, 9.17) is 4.74 Å². The minimum atomic E-state index is -0.176. The van der Waals surface area contributed by atoms with Gasteiger partial charge >= 0.3 is 0 Å². The zero-order chi connectivity index (χ0) is 13.1. The normalized spacial score (nSPS) is 18.6. The van der Waals surface area contributed by atoms with Crippen LogP contribution in [-0.4, -0.2) is 35.6 Å². The third kappa shape index (κ3) is 2.71. The zero-order valence-electron chi connectivity index (χ0n) is 10.5. The predicted molar refractivity (Wildman–Crippen MR) is 70.8 cm³/mol. The highest BCUT2D eigenvalue weighted by Crippen LogP contribution is 2.11. The molecule has 1 aliphatic heterocycles. The first kappa shape index (κ1) is 12.0. The molecule has 1 saturated heterocycles. The van der Waals surface area contributed by atoms with Crippen molar-refractivity contribution in [3.8, 4) is 0 Å². The van der Waals surface area contributed by atoms with Gasteiger partial charge in [-0.2, -0.15) is 0 Å². The number of aromatic nitrogens is 2. The average molecular weight is 257 g/mol. The van der Waals surface area contributed by atoms with E-state index in [2.05, 4.69) is 15.3 Å². The van der Waals surface area contributed by atoms with Gasteiger partial charge in [0.25, 0.3) is 5.91 Å². The molecule has 0 bridgehead atoms. The lowest BCUT2D eigenvalue weighted by molar-refractivity contribution is 0.0940. The number of amides is 1. The molecule has 0 saturated carbocycles. The molecular weight excluding hydrogens is 242 g/mol. The van der Waals surface area contributed by atoms with Gasteiger partial charge in [-0.25, -0.2) is 4.98 Å². The summed E-state index contributed by atoms with van der Waals surface area (Å²) in [5.41, 5.74) is 1.89. The highest BCUT2D eigenvalue weighted by molar-refractivity contribution is 5.93. The van der Waals surface area contributed by atoms with E-state index in [9.17, 15) is 4.79 Å². The number of hydrogen-bond acceptors (Lipinski definition) is 4. The standard InChI is InChI=1S/C14H15N3O2/c18-14(16-7-10-5-6-19-9-10)13-8-15-11-3-1-2-4-12(11)17-13/h1-4,8,10H,5-7,9H2,(H,16,18)/t10-/m0/s1. The Morgan fingerprint density at radius 3 is 3.00 bits per heavy atom. The zero-order valence-corrected chi connectivity index (χ0v) is 10.5. The SMILES string of the molecule is O=C(NC[C@@H]1CCOC1)c1cnc2ccccc2n1. The van der Waals surface area contributed by atoms with Crippen molar-refractivity contribution in [1.82, 2.24) is 15.3 Å². The maximum Gasteiger partial charge on any atom is 0.271 e. The number of rotatable bonds is 3. The summed E-state index contributed by atoms with van der Waals surface area (Å²) >= 11 is 0. The monoisotopic (exact) mass is 257 g/mol. The number of benzene rings is 1. The van der Waals surface area contributed by atoms with Crippen molar-refractivity contribution < 1.29 is 9.53 Å². The maximum atomic E-state index is 12.0. The number of hydrogen-bond donors (Lipinski definition) is 1. The molecule has 5 heteroatoms. The minimum Gasteiger partial charge on any atom is -0.381 e. The summed E-state index contributed by atoms with van der Waals surface area (Å²) < 4.78 is 5.27. The highest BCUT2D eigenvalue weighted by Gasteiger charge is 2.17. The van der Waals surface area contributed by atoms with Crippen molar-refractivity contribution in [2.24, 2.45) is 5.92 Å². The van der Waals surface area contributed by atoms with Gasteiger partial charge in [0, 0.05) is 19.1 Å². The Kier molecular flexibility index (Phi) is 3.37. The second-order valence-electron chi connectivity index (χ2n) is 4.68. The Hall–Kier alpha value is -2.01. The smallest absolute Gasteiger partial charge is 0.271 e. The lowest BCUT2D eigenvalue weighted by atomic mass is 10.1. The van der Waals surface area contributed by atoms with E-state index in [1.54, 1.807) is 0 Å². The molecule has 19 heavy (non-hydrogen) atoms. The van der Waals surface area contributed by atoms with Crippen LogP contribution in [0.4, 0.5) is 0 Å². The number of ether oxygens (including phenoxy) is 1. The van der Waals surface area contributed by atoms with Crippen molar-refractivity contribution in [1.29, 1.82) is 0 Å². The van der Waals surface area contributed by atoms with Crippen LogP contribution in [0.25, 0.3) is 11.0 Å². The van der Waals surface area contributed by atoms with Gasteiger partial charge in [-0.15, -0.1) is 0 Å². The van der Waals surface area contributed by atoms with E-state index < -0.39 is 0 Å². The molecule has 1 N–H and O–H groups in total. The van der Waals surface area contributed by atoms with Gasteiger partial charge in [-0.1, -0.05) is 12.1 Å². The van der Waals surface area contributed by atoms with Crippen molar-refractivity contribution in [2.45, 2.75) is 6.42 Å². The summed E-state index contributed by atoms with van der Waals surface area (Å²) in [5.74, 6) is 0.238. The van der Waals surface area contributed by atoms with E-state index in [0.717, 1.165) is 30.7 Å². The van der Waals surface area contributed by atoms with Crippen molar-refractivity contribution >= 4 is 16.9 Å². The Balaban J connectivity index is 1.70. The third-order valence-corrected chi connectivity index (χ3v) is 3.26. The summed E-state index contributed by atoms with van der Waals surface area (Å²) in [6.07, 6.45) is 2.52. The molecule has 5 nitrogen and oxygen atoms in total. The molecule has 1 aromatic heterocycles. The van der Waals surface area contributed by atoms with Gasteiger partial charge in [0.2, 0.25) is 0 Å². The first-order valence-corrected chi connectivity index (χ1v) is 6.40. The quantitative estimate of drug-likeness (QED) is 0.902. The summed E-state index contributed by atoms with van der Waals surface area (Å²) in [6, 6.07) is 7.51. The Labute approximate surface area is 111 Å². The molecule has 0 unspecified atom stereocenters. The molecule has 0 aliphatic carbocycles. The molecule has 2 aromatic rings. The molecule has 3 rings (SSSR count). The van der Waals surface area contributed by atoms with Crippen LogP contribution in [0.3, 0.4) is 0 Å². The molecule has 98 valence electrons. The van der Waals surface area contributed by atoms with Crippen LogP contribution in [0.1, 0.15) is 16.9 Å². The Morgan fingerprint density at radius 1 is 1.37 bits per heavy atom. The van der Waals surface area contributed by atoms with Crippen LogP contribution < -0.4 is 5.32 Å². The van der Waals surface area contributed by atoms with E-state index in [-0.39, 0.29) is 5.91 Å². The minimum absolute atomic E-state index is 0.176. The van der Waals surface area contributed by atoms with Crippen LogP contribution in [-0.2, 0) is 4.74 Å². The predicted octanol–water partition coefficient (Wildman–Crippen LogP) is 1.40. The highest BCUT2D eigenvalue weighted by atomic mass is 16.5. The molecule has 0 spiro atoms. The van der Waals surface area contributed by atoms with Crippen molar-refractivity contribution in [2.75, 3.05) is 19.8 Å².